The van der Waals surface area contributed by atoms with E-state index in [1.54, 1.807) is 6.07 Å². The predicted molar refractivity (Wildman–Crippen MR) is 83.8 cm³/mol. The molecule has 0 radical (unpaired) electrons. The summed E-state index contributed by atoms with van der Waals surface area (Å²) >= 11 is 0. The Labute approximate surface area is 121 Å². The fourth-order valence-corrected chi connectivity index (χ4v) is 2.59. The molecule has 0 atom stereocenters. The summed E-state index contributed by atoms with van der Waals surface area (Å²) in [6, 6.07) is 5.51. The van der Waals surface area contributed by atoms with Crippen molar-refractivity contribution in [2.24, 2.45) is 0 Å². The SMILES string of the molecule is CCCCN(CCC)c1ccc(NS(=O)(=O)O)c(C)c1. The first-order valence-corrected chi connectivity index (χ1v) is 8.42. The highest BCUT2D eigenvalue weighted by molar-refractivity contribution is 7.87. The highest BCUT2D eigenvalue weighted by Crippen LogP contribution is 2.24. The van der Waals surface area contributed by atoms with E-state index in [1.165, 1.54) is 0 Å². The van der Waals surface area contributed by atoms with E-state index in [9.17, 15) is 8.42 Å². The molecule has 0 spiro atoms. The van der Waals surface area contributed by atoms with E-state index < -0.39 is 10.3 Å². The van der Waals surface area contributed by atoms with Gasteiger partial charge >= 0.3 is 10.3 Å². The lowest BCUT2D eigenvalue weighted by molar-refractivity contribution is 0.489. The van der Waals surface area contributed by atoms with Crippen LogP contribution in [-0.2, 0) is 10.3 Å². The smallest absolute Gasteiger partial charge is 0.357 e. The van der Waals surface area contributed by atoms with Gasteiger partial charge in [0, 0.05) is 18.8 Å². The molecule has 2 N–H and O–H groups in total. The average molecular weight is 300 g/mol. The Hall–Kier alpha value is -1.27. The molecule has 0 amide bonds. The summed E-state index contributed by atoms with van der Waals surface area (Å²) in [5, 5.41) is 0. The number of hydrogen-bond donors (Lipinski definition) is 2. The van der Waals surface area contributed by atoms with Gasteiger partial charge in [-0.1, -0.05) is 20.3 Å². The van der Waals surface area contributed by atoms with Gasteiger partial charge in [-0.2, -0.15) is 8.42 Å². The molecule has 6 heteroatoms. The molecular formula is C14H24N2O3S. The van der Waals surface area contributed by atoms with Crippen LogP contribution in [0.3, 0.4) is 0 Å². The van der Waals surface area contributed by atoms with Gasteiger partial charge in [-0.25, -0.2) is 0 Å². The van der Waals surface area contributed by atoms with Crippen molar-refractivity contribution in [1.29, 1.82) is 0 Å². The maximum Gasteiger partial charge on any atom is 0.357 e. The quantitative estimate of drug-likeness (QED) is 0.723. The predicted octanol–water partition coefficient (Wildman–Crippen LogP) is 3.23. The van der Waals surface area contributed by atoms with Crippen LogP contribution < -0.4 is 9.62 Å². The van der Waals surface area contributed by atoms with Gasteiger partial charge in [0.15, 0.2) is 0 Å². The summed E-state index contributed by atoms with van der Waals surface area (Å²) in [5.41, 5.74) is 2.28. The summed E-state index contributed by atoms with van der Waals surface area (Å²) in [4.78, 5) is 2.30. The van der Waals surface area contributed by atoms with Crippen molar-refractivity contribution < 1.29 is 13.0 Å². The number of nitrogens with zero attached hydrogens (tertiary/aromatic N) is 1. The first-order chi connectivity index (χ1) is 9.37. The van der Waals surface area contributed by atoms with Crippen molar-refractivity contribution in [3.8, 4) is 0 Å². The minimum atomic E-state index is -4.22. The first kappa shape index (κ1) is 16.8. The molecule has 0 heterocycles. The number of benzene rings is 1. The molecule has 0 aliphatic rings. The largest absolute Gasteiger partial charge is 0.372 e. The number of nitrogens with one attached hydrogen (secondary N) is 1. The van der Waals surface area contributed by atoms with Gasteiger partial charge in [-0.15, -0.1) is 0 Å². The molecule has 0 saturated carbocycles. The van der Waals surface area contributed by atoms with E-state index in [0.29, 0.717) is 5.69 Å². The van der Waals surface area contributed by atoms with Crippen LogP contribution in [0, 0.1) is 6.92 Å². The summed E-state index contributed by atoms with van der Waals surface area (Å²) < 4.78 is 32.6. The first-order valence-electron chi connectivity index (χ1n) is 6.98. The summed E-state index contributed by atoms with van der Waals surface area (Å²) in [7, 11) is -4.22. The van der Waals surface area contributed by atoms with Crippen LogP contribution in [0.15, 0.2) is 18.2 Å². The Kier molecular flexibility index (Phi) is 6.29. The van der Waals surface area contributed by atoms with Crippen LogP contribution in [0.2, 0.25) is 0 Å². The highest BCUT2D eigenvalue weighted by Gasteiger charge is 2.10. The van der Waals surface area contributed by atoms with Crippen LogP contribution in [0.25, 0.3) is 0 Å². The fraction of sp³-hybridized carbons (Fsp3) is 0.571. The normalized spacial score (nSPS) is 11.4. The summed E-state index contributed by atoms with van der Waals surface area (Å²) in [5.74, 6) is 0. The van der Waals surface area contributed by atoms with Crippen LogP contribution >= 0.6 is 0 Å². The molecule has 0 bridgehead atoms. The van der Waals surface area contributed by atoms with E-state index in [0.717, 1.165) is 43.6 Å². The van der Waals surface area contributed by atoms with E-state index >= 15 is 0 Å². The molecule has 0 aromatic heterocycles. The number of rotatable bonds is 8. The van der Waals surface area contributed by atoms with Crippen LogP contribution in [0.4, 0.5) is 11.4 Å². The van der Waals surface area contributed by atoms with E-state index in [2.05, 4.69) is 23.5 Å². The van der Waals surface area contributed by atoms with Gasteiger partial charge in [0.05, 0.1) is 5.69 Å². The lowest BCUT2D eigenvalue weighted by atomic mass is 10.1. The van der Waals surface area contributed by atoms with Crippen molar-refractivity contribution in [3.63, 3.8) is 0 Å². The zero-order chi connectivity index (χ0) is 15.2. The van der Waals surface area contributed by atoms with Gasteiger partial charge in [0.2, 0.25) is 0 Å². The molecular weight excluding hydrogens is 276 g/mol. The Morgan fingerprint density at radius 3 is 2.40 bits per heavy atom. The van der Waals surface area contributed by atoms with Crippen LogP contribution in [-0.4, -0.2) is 26.1 Å². The van der Waals surface area contributed by atoms with Crippen molar-refractivity contribution >= 4 is 21.7 Å². The Balaban J connectivity index is 2.93. The monoisotopic (exact) mass is 300 g/mol. The molecule has 1 aromatic carbocycles. The van der Waals surface area contributed by atoms with Crippen molar-refractivity contribution in [1.82, 2.24) is 0 Å². The minimum Gasteiger partial charge on any atom is -0.372 e. The highest BCUT2D eigenvalue weighted by atomic mass is 32.2. The Bertz CT molecular complexity index is 529. The lowest BCUT2D eigenvalue weighted by Crippen LogP contribution is -2.25. The second-order valence-electron chi connectivity index (χ2n) is 4.92. The van der Waals surface area contributed by atoms with Crippen molar-refractivity contribution in [2.75, 3.05) is 22.7 Å². The number of hydrogen-bond acceptors (Lipinski definition) is 3. The Morgan fingerprint density at radius 1 is 1.20 bits per heavy atom. The van der Waals surface area contributed by atoms with Crippen LogP contribution in [0.5, 0.6) is 0 Å². The fourth-order valence-electron chi connectivity index (χ4n) is 2.09. The summed E-state index contributed by atoms with van der Waals surface area (Å²) in [6.07, 6.45) is 3.33. The number of aryl methyl sites for hydroxylation is 1. The third kappa shape index (κ3) is 5.38. The molecule has 0 aliphatic carbocycles. The van der Waals surface area contributed by atoms with E-state index in [-0.39, 0.29) is 0 Å². The maximum atomic E-state index is 10.8. The zero-order valence-corrected chi connectivity index (χ0v) is 13.2. The molecule has 0 fully saturated rings. The zero-order valence-electron chi connectivity index (χ0n) is 12.4. The van der Waals surface area contributed by atoms with E-state index in [4.69, 9.17) is 4.55 Å². The average Bonchev–Trinajstić information content (AvgIpc) is 2.35. The third-order valence-electron chi connectivity index (χ3n) is 3.09. The third-order valence-corrected chi connectivity index (χ3v) is 3.57. The molecule has 0 unspecified atom stereocenters. The molecule has 20 heavy (non-hydrogen) atoms. The van der Waals surface area contributed by atoms with Gasteiger partial charge < -0.3 is 4.90 Å². The molecule has 114 valence electrons. The standard InChI is InChI=1S/C14H24N2O3S/c1-4-6-10-16(9-5-2)13-7-8-14(12(3)11-13)15-20(17,18)19/h7-8,11,15H,4-6,9-10H2,1-3H3,(H,17,18,19). The van der Waals surface area contributed by atoms with Gasteiger partial charge in [0.25, 0.3) is 0 Å². The second-order valence-corrected chi connectivity index (χ2v) is 6.07. The van der Waals surface area contributed by atoms with Gasteiger partial charge in [0.1, 0.15) is 0 Å². The van der Waals surface area contributed by atoms with Crippen molar-refractivity contribution in [2.45, 2.75) is 40.0 Å². The summed E-state index contributed by atoms with van der Waals surface area (Å²) in [6.45, 7) is 8.09. The van der Waals surface area contributed by atoms with Crippen molar-refractivity contribution in [3.05, 3.63) is 23.8 Å². The minimum absolute atomic E-state index is 0.406. The Morgan fingerprint density at radius 2 is 1.90 bits per heavy atom. The van der Waals surface area contributed by atoms with E-state index in [1.807, 2.05) is 19.1 Å². The number of unbranched alkanes of at least 4 members (excludes halogenated alkanes) is 1. The maximum absolute atomic E-state index is 10.8. The second kappa shape index (κ2) is 7.50. The topological polar surface area (TPSA) is 69.6 Å². The molecule has 5 nitrogen and oxygen atoms in total. The molecule has 0 aliphatic heterocycles. The molecule has 1 aromatic rings. The molecule has 1 rings (SSSR count). The lowest BCUT2D eigenvalue weighted by Gasteiger charge is -2.25. The van der Waals surface area contributed by atoms with Crippen LogP contribution in [0.1, 0.15) is 38.7 Å². The van der Waals surface area contributed by atoms with Gasteiger partial charge in [-0.3, -0.25) is 9.27 Å². The molecule has 0 saturated heterocycles. The number of anilines is 2. The van der Waals surface area contributed by atoms with Gasteiger partial charge in [-0.05, 0) is 43.5 Å².